The highest BCUT2D eigenvalue weighted by Gasteiger charge is 2.05. The highest BCUT2D eigenvalue weighted by atomic mass is 16.5. The third kappa shape index (κ3) is 3.63. The first-order valence-electron chi connectivity index (χ1n) is 7.13. The summed E-state index contributed by atoms with van der Waals surface area (Å²) in [4.78, 5) is 11.6. The molecule has 2 aromatic rings. The van der Waals surface area contributed by atoms with E-state index in [4.69, 9.17) is 9.47 Å². The largest absolute Gasteiger partial charge is 0.497 e. The van der Waals surface area contributed by atoms with Gasteiger partial charge in [-0.05, 0) is 53.5 Å². The fraction of sp³-hybridized carbons (Fsp3) is 0.278. The Bertz CT molecular complexity index is 671. The van der Waals surface area contributed by atoms with Gasteiger partial charge in [-0.1, -0.05) is 25.1 Å². The average molecular weight is 284 g/mol. The third-order valence-corrected chi connectivity index (χ3v) is 3.38. The van der Waals surface area contributed by atoms with E-state index in [1.54, 1.807) is 20.1 Å². The van der Waals surface area contributed by atoms with E-state index in [1.807, 2.05) is 37.3 Å². The van der Waals surface area contributed by atoms with Crippen molar-refractivity contribution in [1.29, 1.82) is 0 Å². The van der Waals surface area contributed by atoms with Crippen LogP contribution in [0.1, 0.15) is 25.8 Å². The van der Waals surface area contributed by atoms with Crippen LogP contribution in [0.5, 0.6) is 5.75 Å². The number of hydrogen-bond acceptors (Lipinski definition) is 3. The first-order valence-corrected chi connectivity index (χ1v) is 7.13. The Morgan fingerprint density at radius 1 is 1.10 bits per heavy atom. The van der Waals surface area contributed by atoms with Gasteiger partial charge in [0.1, 0.15) is 5.75 Å². The molecule has 0 amide bonds. The van der Waals surface area contributed by atoms with Crippen LogP contribution in [0.2, 0.25) is 0 Å². The Balaban J connectivity index is 2.38. The normalized spacial score (nSPS) is 11.5. The quantitative estimate of drug-likeness (QED) is 0.609. The van der Waals surface area contributed by atoms with Gasteiger partial charge in [-0.2, -0.15) is 0 Å². The number of rotatable bonds is 5. The fourth-order valence-electron chi connectivity index (χ4n) is 2.27. The van der Waals surface area contributed by atoms with Gasteiger partial charge in [-0.15, -0.1) is 0 Å². The van der Waals surface area contributed by atoms with Crippen molar-refractivity contribution in [1.82, 2.24) is 0 Å². The predicted molar refractivity (Wildman–Crippen MR) is 85.4 cm³/mol. The standard InChI is InChI=1S/C18H20O3/c1-4-13(12-18(19)21-5-2)14-6-7-16-11-17(20-3)9-8-15(16)10-14/h6-12H,4-5H2,1-3H3/b13-12-. The van der Waals surface area contributed by atoms with Gasteiger partial charge in [0.25, 0.3) is 0 Å². The van der Waals surface area contributed by atoms with Crippen molar-refractivity contribution in [3.63, 3.8) is 0 Å². The second-order valence-corrected chi connectivity index (χ2v) is 4.70. The molecule has 0 aromatic heterocycles. The van der Waals surface area contributed by atoms with E-state index in [0.717, 1.165) is 34.1 Å². The molecule has 0 heterocycles. The molecule has 0 aliphatic carbocycles. The summed E-state index contributed by atoms with van der Waals surface area (Å²) in [5, 5.41) is 2.24. The lowest BCUT2D eigenvalue weighted by atomic mass is 9.99. The van der Waals surface area contributed by atoms with Crippen LogP contribution in [-0.4, -0.2) is 19.7 Å². The number of allylic oxidation sites excluding steroid dienone is 1. The Kier molecular flexibility index (Phi) is 4.99. The molecule has 0 radical (unpaired) electrons. The van der Waals surface area contributed by atoms with E-state index in [0.29, 0.717) is 6.61 Å². The second-order valence-electron chi connectivity index (χ2n) is 4.70. The minimum Gasteiger partial charge on any atom is -0.497 e. The van der Waals surface area contributed by atoms with Crippen molar-refractivity contribution in [3.05, 3.63) is 48.0 Å². The summed E-state index contributed by atoms with van der Waals surface area (Å²) in [5.74, 6) is 0.553. The molecule has 21 heavy (non-hydrogen) atoms. The molecular weight excluding hydrogens is 264 g/mol. The van der Waals surface area contributed by atoms with Gasteiger partial charge < -0.3 is 9.47 Å². The zero-order chi connectivity index (χ0) is 15.2. The van der Waals surface area contributed by atoms with E-state index in [-0.39, 0.29) is 5.97 Å². The molecule has 0 spiro atoms. The van der Waals surface area contributed by atoms with E-state index in [2.05, 4.69) is 6.07 Å². The molecule has 0 N–H and O–H groups in total. The smallest absolute Gasteiger partial charge is 0.331 e. The van der Waals surface area contributed by atoms with Crippen LogP contribution in [-0.2, 0) is 9.53 Å². The van der Waals surface area contributed by atoms with Gasteiger partial charge in [0.05, 0.1) is 13.7 Å². The molecule has 3 heteroatoms. The van der Waals surface area contributed by atoms with Crippen LogP contribution in [0.4, 0.5) is 0 Å². The molecule has 3 nitrogen and oxygen atoms in total. The van der Waals surface area contributed by atoms with E-state index in [1.165, 1.54) is 0 Å². The molecule has 0 aliphatic heterocycles. The molecule has 0 unspecified atom stereocenters. The molecule has 0 aliphatic rings. The number of carbonyl (C=O) groups is 1. The van der Waals surface area contributed by atoms with Crippen LogP contribution in [0.15, 0.2) is 42.5 Å². The molecule has 0 saturated heterocycles. The average Bonchev–Trinajstić information content (AvgIpc) is 2.51. The predicted octanol–water partition coefficient (Wildman–Crippen LogP) is 4.20. The SMILES string of the molecule is CCOC(=O)/C=C(/CC)c1ccc2cc(OC)ccc2c1. The molecule has 2 aromatic carbocycles. The third-order valence-electron chi connectivity index (χ3n) is 3.38. The Hall–Kier alpha value is -2.29. The highest BCUT2D eigenvalue weighted by molar-refractivity contribution is 5.94. The first-order chi connectivity index (χ1) is 10.2. The zero-order valence-electron chi connectivity index (χ0n) is 12.7. The summed E-state index contributed by atoms with van der Waals surface area (Å²) in [5.41, 5.74) is 2.02. The van der Waals surface area contributed by atoms with Gasteiger partial charge in [0.2, 0.25) is 0 Å². The van der Waals surface area contributed by atoms with Gasteiger partial charge in [0, 0.05) is 6.08 Å². The number of methoxy groups -OCH3 is 1. The fourth-order valence-corrected chi connectivity index (χ4v) is 2.27. The van der Waals surface area contributed by atoms with Gasteiger partial charge >= 0.3 is 5.97 Å². The zero-order valence-corrected chi connectivity index (χ0v) is 12.7. The molecule has 110 valence electrons. The number of fused-ring (bicyclic) bond motifs is 1. The van der Waals surface area contributed by atoms with Gasteiger partial charge in [0.15, 0.2) is 0 Å². The number of esters is 1. The van der Waals surface area contributed by atoms with Crippen molar-refractivity contribution in [2.75, 3.05) is 13.7 Å². The van der Waals surface area contributed by atoms with Crippen LogP contribution in [0, 0.1) is 0 Å². The summed E-state index contributed by atoms with van der Waals surface area (Å²) < 4.78 is 10.2. The topological polar surface area (TPSA) is 35.5 Å². The van der Waals surface area contributed by atoms with Crippen LogP contribution in [0.25, 0.3) is 16.3 Å². The maximum atomic E-state index is 11.6. The molecule has 0 atom stereocenters. The Morgan fingerprint density at radius 2 is 1.81 bits per heavy atom. The lowest BCUT2D eigenvalue weighted by Crippen LogP contribution is -2.00. The van der Waals surface area contributed by atoms with Crippen molar-refractivity contribution < 1.29 is 14.3 Å². The first kappa shape index (κ1) is 15.1. The number of benzene rings is 2. The van der Waals surface area contributed by atoms with E-state index >= 15 is 0 Å². The van der Waals surface area contributed by atoms with Crippen LogP contribution < -0.4 is 4.74 Å². The number of ether oxygens (including phenoxy) is 2. The second kappa shape index (κ2) is 6.93. The molecule has 0 bridgehead atoms. The molecular formula is C18H20O3. The minimum atomic E-state index is -0.288. The van der Waals surface area contributed by atoms with Crippen molar-refractivity contribution in [2.24, 2.45) is 0 Å². The molecule has 0 saturated carbocycles. The van der Waals surface area contributed by atoms with Gasteiger partial charge in [-0.25, -0.2) is 4.79 Å². The summed E-state index contributed by atoms with van der Waals surface area (Å²) in [6.07, 6.45) is 2.36. The van der Waals surface area contributed by atoms with Gasteiger partial charge in [-0.3, -0.25) is 0 Å². The van der Waals surface area contributed by atoms with Crippen molar-refractivity contribution in [3.8, 4) is 5.75 Å². The van der Waals surface area contributed by atoms with E-state index in [9.17, 15) is 4.79 Å². The maximum absolute atomic E-state index is 11.6. The summed E-state index contributed by atoms with van der Waals surface area (Å²) in [7, 11) is 1.66. The Morgan fingerprint density at radius 3 is 2.48 bits per heavy atom. The molecule has 0 fully saturated rings. The highest BCUT2D eigenvalue weighted by Crippen LogP contribution is 2.26. The lowest BCUT2D eigenvalue weighted by Gasteiger charge is -2.08. The van der Waals surface area contributed by atoms with Crippen molar-refractivity contribution in [2.45, 2.75) is 20.3 Å². The van der Waals surface area contributed by atoms with Crippen LogP contribution in [0.3, 0.4) is 0 Å². The molecule has 2 rings (SSSR count). The summed E-state index contributed by atoms with van der Waals surface area (Å²) in [6.45, 7) is 4.23. The van der Waals surface area contributed by atoms with Crippen molar-refractivity contribution >= 4 is 22.3 Å². The van der Waals surface area contributed by atoms with E-state index < -0.39 is 0 Å². The number of carbonyl (C=O) groups excluding carboxylic acids is 1. The Labute approximate surface area is 125 Å². The summed E-state index contributed by atoms with van der Waals surface area (Å²) in [6, 6.07) is 12.1. The lowest BCUT2D eigenvalue weighted by molar-refractivity contribution is -0.137. The monoisotopic (exact) mass is 284 g/mol. The maximum Gasteiger partial charge on any atom is 0.331 e. The number of hydrogen-bond donors (Lipinski definition) is 0. The summed E-state index contributed by atoms with van der Waals surface area (Å²) >= 11 is 0. The minimum absolute atomic E-state index is 0.288. The van der Waals surface area contributed by atoms with Crippen LogP contribution >= 0.6 is 0 Å².